The number of hydrogen-bond acceptors (Lipinski definition) is 4. The molecule has 0 heterocycles. The summed E-state index contributed by atoms with van der Waals surface area (Å²) in [5, 5.41) is 0. The van der Waals surface area contributed by atoms with Crippen LogP contribution in [0.15, 0.2) is 23.8 Å². The third kappa shape index (κ3) is 2.51. The van der Waals surface area contributed by atoms with Gasteiger partial charge >= 0.3 is 5.97 Å². The number of esters is 1. The number of allylic oxidation sites excluding steroid dienone is 2. The Hall–Kier alpha value is -1.71. The topological polar surface area (TPSA) is 60.4 Å². The lowest BCUT2D eigenvalue weighted by Crippen LogP contribution is -2.57. The van der Waals surface area contributed by atoms with Gasteiger partial charge in [-0.25, -0.2) is 0 Å². The van der Waals surface area contributed by atoms with Crippen molar-refractivity contribution in [3.05, 3.63) is 23.8 Å². The number of Topliss-reactive ketones (excluding diaryl/α,β-unsaturated/α-hetero) is 1. The highest BCUT2D eigenvalue weighted by Gasteiger charge is 2.66. The van der Waals surface area contributed by atoms with Crippen LogP contribution in [0.2, 0.25) is 0 Å². The molecule has 6 atom stereocenters. The van der Waals surface area contributed by atoms with Gasteiger partial charge < -0.3 is 4.74 Å². The van der Waals surface area contributed by atoms with E-state index in [1.54, 1.807) is 6.92 Å². The molecule has 4 nitrogen and oxygen atoms in total. The van der Waals surface area contributed by atoms with Gasteiger partial charge in [0, 0.05) is 18.8 Å². The quantitative estimate of drug-likeness (QED) is 0.684. The molecule has 0 spiro atoms. The second-order valence-electron chi connectivity index (χ2n) is 9.42. The van der Waals surface area contributed by atoms with Crippen LogP contribution in [0.25, 0.3) is 0 Å². The van der Waals surface area contributed by atoms with E-state index in [4.69, 9.17) is 4.74 Å². The molecule has 0 saturated heterocycles. The average molecular weight is 370 g/mol. The lowest BCUT2D eigenvalue weighted by atomic mass is 9.49. The fourth-order valence-electron chi connectivity index (χ4n) is 7.19. The van der Waals surface area contributed by atoms with Crippen LogP contribution in [0.4, 0.5) is 0 Å². The molecule has 0 aliphatic heterocycles. The molecule has 0 radical (unpaired) electrons. The van der Waals surface area contributed by atoms with E-state index in [-0.39, 0.29) is 23.0 Å². The molecular formula is C23H30O4. The van der Waals surface area contributed by atoms with Gasteiger partial charge in [-0.3, -0.25) is 14.4 Å². The zero-order valence-electron chi connectivity index (χ0n) is 16.7. The molecule has 27 heavy (non-hydrogen) atoms. The number of ketones is 2. The predicted octanol–water partition coefficient (Wildman–Crippen LogP) is 4.19. The standard InChI is InChI=1S/C23H30O4/c1-13-11-20-18(17-6-5-16(26)12-19(13)17)7-9-22(4)21(20)8-10-23(22,14(2)24)27-15(3)25/h12,17-18,20-21H,1,5-11H2,2-4H3/t17-,18-,20-,21+,22+,23?/m1/s1. The minimum Gasteiger partial charge on any atom is -0.451 e. The minimum atomic E-state index is -0.978. The summed E-state index contributed by atoms with van der Waals surface area (Å²) < 4.78 is 5.79. The van der Waals surface area contributed by atoms with Crippen LogP contribution in [0.5, 0.6) is 0 Å². The highest BCUT2D eigenvalue weighted by Crippen LogP contribution is 2.66. The first kappa shape index (κ1) is 18.6. The van der Waals surface area contributed by atoms with Crippen molar-refractivity contribution in [3.8, 4) is 0 Å². The Labute approximate surface area is 161 Å². The Morgan fingerprint density at radius 1 is 1.15 bits per heavy atom. The van der Waals surface area contributed by atoms with Crippen molar-refractivity contribution < 1.29 is 19.1 Å². The monoisotopic (exact) mass is 370 g/mol. The summed E-state index contributed by atoms with van der Waals surface area (Å²) in [4.78, 5) is 36.5. The SMILES string of the molecule is C=C1C[C@@H]2[C@H](CC[C@@]3(C)[C@H]2CCC3(OC(C)=O)C(C)=O)[C@H]2CCC(=O)C=C12. The van der Waals surface area contributed by atoms with Crippen LogP contribution in [-0.2, 0) is 19.1 Å². The molecule has 0 bridgehead atoms. The van der Waals surface area contributed by atoms with Crippen molar-refractivity contribution in [2.45, 2.75) is 71.3 Å². The third-order valence-electron chi connectivity index (χ3n) is 8.32. The molecule has 3 fully saturated rings. The van der Waals surface area contributed by atoms with Crippen LogP contribution >= 0.6 is 0 Å². The van der Waals surface area contributed by atoms with Crippen molar-refractivity contribution in [2.24, 2.45) is 29.1 Å². The number of fused-ring (bicyclic) bond motifs is 5. The summed E-state index contributed by atoms with van der Waals surface area (Å²) in [5.74, 6) is 1.65. The maximum absolute atomic E-state index is 12.7. The second-order valence-corrected chi connectivity index (χ2v) is 9.42. The van der Waals surface area contributed by atoms with Crippen LogP contribution in [0.1, 0.15) is 65.7 Å². The van der Waals surface area contributed by atoms with Crippen LogP contribution in [-0.4, -0.2) is 23.1 Å². The Morgan fingerprint density at radius 3 is 2.56 bits per heavy atom. The van der Waals surface area contributed by atoms with E-state index < -0.39 is 5.60 Å². The van der Waals surface area contributed by atoms with Gasteiger partial charge in [-0.15, -0.1) is 0 Å². The summed E-state index contributed by atoms with van der Waals surface area (Å²) in [5.41, 5.74) is 1.00. The zero-order valence-corrected chi connectivity index (χ0v) is 16.7. The molecule has 0 aromatic carbocycles. The number of carbonyl (C=O) groups is 3. The molecule has 4 aliphatic carbocycles. The molecule has 0 aromatic heterocycles. The Kier molecular flexibility index (Phi) is 4.25. The highest BCUT2D eigenvalue weighted by molar-refractivity contribution is 5.92. The number of rotatable bonds is 2. The number of hydrogen-bond donors (Lipinski definition) is 0. The Balaban J connectivity index is 1.70. The molecule has 146 valence electrons. The van der Waals surface area contributed by atoms with E-state index in [1.807, 2.05) is 6.08 Å². The van der Waals surface area contributed by atoms with Crippen LogP contribution in [0.3, 0.4) is 0 Å². The van der Waals surface area contributed by atoms with Crippen molar-refractivity contribution in [1.29, 1.82) is 0 Å². The van der Waals surface area contributed by atoms with Crippen molar-refractivity contribution in [2.75, 3.05) is 0 Å². The van der Waals surface area contributed by atoms with E-state index in [0.29, 0.717) is 36.5 Å². The minimum absolute atomic E-state index is 0.0142. The van der Waals surface area contributed by atoms with Crippen LogP contribution < -0.4 is 0 Å². The van der Waals surface area contributed by atoms with E-state index in [0.717, 1.165) is 37.7 Å². The first-order valence-electron chi connectivity index (χ1n) is 10.3. The Bertz CT molecular complexity index is 762. The largest absolute Gasteiger partial charge is 0.451 e. The normalized spacial score (nSPS) is 43.3. The summed E-state index contributed by atoms with van der Waals surface area (Å²) in [7, 11) is 0. The maximum atomic E-state index is 12.7. The molecule has 4 heteroatoms. The van der Waals surface area contributed by atoms with Gasteiger partial charge in [0.1, 0.15) is 0 Å². The zero-order chi connectivity index (χ0) is 19.6. The molecule has 3 saturated carbocycles. The lowest BCUT2D eigenvalue weighted by Gasteiger charge is -2.56. The summed E-state index contributed by atoms with van der Waals surface area (Å²) in [6, 6.07) is 0. The second kappa shape index (κ2) is 6.15. The van der Waals surface area contributed by atoms with Gasteiger partial charge in [-0.1, -0.05) is 19.1 Å². The molecule has 1 unspecified atom stereocenters. The van der Waals surface area contributed by atoms with E-state index in [1.165, 1.54) is 12.5 Å². The van der Waals surface area contributed by atoms with Crippen molar-refractivity contribution in [3.63, 3.8) is 0 Å². The molecule has 0 amide bonds. The van der Waals surface area contributed by atoms with Crippen molar-refractivity contribution in [1.82, 2.24) is 0 Å². The molecule has 4 aliphatic rings. The fraction of sp³-hybridized carbons (Fsp3) is 0.696. The fourth-order valence-corrected chi connectivity index (χ4v) is 7.19. The van der Waals surface area contributed by atoms with Crippen molar-refractivity contribution >= 4 is 17.5 Å². The average Bonchev–Trinajstić information content (AvgIpc) is 2.89. The van der Waals surface area contributed by atoms with Gasteiger partial charge in [0.15, 0.2) is 17.2 Å². The summed E-state index contributed by atoms with van der Waals surface area (Å²) in [6.07, 6.45) is 7.77. The van der Waals surface area contributed by atoms with E-state index in [9.17, 15) is 14.4 Å². The maximum Gasteiger partial charge on any atom is 0.303 e. The van der Waals surface area contributed by atoms with Gasteiger partial charge in [0.25, 0.3) is 0 Å². The lowest BCUT2D eigenvalue weighted by molar-refractivity contribution is -0.185. The number of carbonyl (C=O) groups excluding carboxylic acids is 3. The van der Waals surface area contributed by atoms with Gasteiger partial charge in [-0.05, 0) is 80.8 Å². The van der Waals surface area contributed by atoms with E-state index in [2.05, 4.69) is 13.5 Å². The van der Waals surface area contributed by atoms with Crippen LogP contribution in [0, 0.1) is 29.1 Å². The first-order chi connectivity index (χ1) is 12.7. The van der Waals surface area contributed by atoms with Gasteiger partial charge in [0.05, 0.1) is 0 Å². The predicted molar refractivity (Wildman–Crippen MR) is 102 cm³/mol. The summed E-state index contributed by atoms with van der Waals surface area (Å²) >= 11 is 0. The summed E-state index contributed by atoms with van der Waals surface area (Å²) in [6.45, 7) is 9.47. The molecular weight excluding hydrogens is 340 g/mol. The van der Waals surface area contributed by atoms with E-state index >= 15 is 0 Å². The smallest absolute Gasteiger partial charge is 0.303 e. The first-order valence-corrected chi connectivity index (χ1v) is 10.3. The van der Waals surface area contributed by atoms with Gasteiger partial charge in [-0.2, -0.15) is 0 Å². The third-order valence-corrected chi connectivity index (χ3v) is 8.32. The van der Waals surface area contributed by atoms with Gasteiger partial charge in [0.2, 0.25) is 0 Å². The molecule has 0 N–H and O–H groups in total. The Morgan fingerprint density at radius 2 is 1.89 bits per heavy atom. The number of ether oxygens (including phenoxy) is 1. The highest BCUT2D eigenvalue weighted by atomic mass is 16.6. The molecule has 4 rings (SSSR count). The molecule has 0 aromatic rings.